The molecular weight excluding hydrogens is 242 g/mol. The highest BCUT2D eigenvalue weighted by molar-refractivity contribution is 7.98. The Morgan fingerprint density at radius 3 is 2.72 bits per heavy atom. The van der Waals surface area contributed by atoms with Crippen molar-refractivity contribution in [2.24, 2.45) is 5.92 Å². The average molecular weight is 267 g/mol. The third kappa shape index (κ3) is 5.32. The number of rotatable bonds is 8. The van der Waals surface area contributed by atoms with Gasteiger partial charge in [0.05, 0.1) is 7.11 Å². The van der Waals surface area contributed by atoms with E-state index in [4.69, 9.17) is 4.74 Å². The SMILES string of the molecule is CNCc1ccc(OC)c(CSCCC(C)C)c1. The molecule has 0 spiro atoms. The third-order valence-electron chi connectivity index (χ3n) is 2.82. The summed E-state index contributed by atoms with van der Waals surface area (Å²) in [4.78, 5) is 0. The van der Waals surface area contributed by atoms with Crippen LogP contribution in [0, 0.1) is 5.92 Å². The highest BCUT2D eigenvalue weighted by atomic mass is 32.2. The van der Waals surface area contributed by atoms with E-state index >= 15 is 0 Å². The van der Waals surface area contributed by atoms with Crippen LogP contribution in [0.4, 0.5) is 0 Å². The van der Waals surface area contributed by atoms with Crippen molar-refractivity contribution in [3.05, 3.63) is 29.3 Å². The molecule has 0 radical (unpaired) electrons. The summed E-state index contributed by atoms with van der Waals surface area (Å²) >= 11 is 1.99. The van der Waals surface area contributed by atoms with Gasteiger partial charge in [0.25, 0.3) is 0 Å². The molecule has 1 rings (SSSR count). The van der Waals surface area contributed by atoms with Gasteiger partial charge in [-0.1, -0.05) is 19.9 Å². The number of hydrogen-bond acceptors (Lipinski definition) is 3. The second-order valence-corrected chi connectivity index (χ2v) is 6.02. The van der Waals surface area contributed by atoms with Crippen LogP contribution in [0.5, 0.6) is 5.75 Å². The van der Waals surface area contributed by atoms with E-state index in [0.29, 0.717) is 0 Å². The van der Waals surface area contributed by atoms with E-state index in [2.05, 4.69) is 37.4 Å². The van der Waals surface area contributed by atoms with Crippen molar-refractivity contribution in [2.45, 2.75) is 32.6 Å². The summed E-state index contributed by atoms with van der Waals surface area (Å²) in [6, 6.07) is 6.44. The summed E-state index contributed by atoms with van der Waals surface area (Å²) in [6.45, 7) is 5.46. The zero-order valence-corrected chi connectivity index (χ0v) is 12.8. The number of ether oxygens (including phenoxy) is 1. The molecule has 0 aromatic heterocycles. The molecule has 0 saturated heterocycles. The lowest BCUT2D eigenvalue weighted by Gasteiger charge is -2.11. The summed E-state index contributed by atoms with van der Waals surface area (Å²) < 4.78 is 5.42. The van der Waals surface area contributed by atoms with Crippen LogP contribution in [0.15, 0.2) is 18.2 Å². The Labute approximate surface area is 116 Å². The Bertz CT molecular complexity index is 352. The van der Waals surface area contributed by atoms with Gasteiger partial charge in [-0.05, 0) is 42.8 Å². The molecule has 0 aliphatic heterocycles. The van der Waals surface area contributed by atoms with Gasteiger partial charge in [0.2, 0.25) is 0 Å². The molecule has 0 bridgehead atoms. The fraction of sp³-hybridized carbons (Fsp3) is 0.600. The second kappa shape index (κ2) is 8.44. The van der Waals surface area contributed by atoms with E-state index in [-0.39, 0.29) is 0 Å². The van der Waals surface area contributed by atoms with Gasteiger partial charge >= 0.3 is 0 Å². The Hall–Kier alpha value is -0.670. The smallest absolute Gasteiger partial charge is 0.122 e. The summed E-state index contributed by atoms with van der Waals surface area (Å²) in [5, 5.41) is 3.18. The molecule has 0 saturated carbocycles. The van der Waals surface area contributed by atoms with Gasteiger partial charge in [-0.25, -0.2) is 0 Å². The van der Waals surface area contributed by atoms with E-state index in [9.17, 15) is 0 Å². The molecule has 2 nitrogen and oxygen atoms in total. The predicted octanol–water partition coefficient (Wildman–Crippen LogP) is 3.69. The van der Waals surface area contributed by atoms with Crippen molar-refractivity contribution in [3.8, 4) is 5.75 Å². The number of thioether (sulfide) groups is 1. The Morgan fingerprint density at radius 2 is 2.11 bits per heavy atom. The van der Waals surface area contributed by atoms with Gasteiger partial charge in [0.1, 0.15) is 5.75 Å². The Kier molecular flexibility index (Phi) is 7.21. The van der Waals surface area contributed by atoms with Crippen LogP contribution in [0.25, 0.3) is 0 Å². The predicted molar refractivity (Wildman–Crippen MR) is 81.4 cm³/mol. The van der Waals surface area contributed by atoms with Crippen LogP contribution in [-0.4, -0.2) is 19.9 Å². The van der Waals surface area contributed by atoms with Gasteiger partial charge < -0.3 is 10.1 Å². The Balaban J connectivity index is 2.57. The van der Waals surface area contributed by atoms with Crippen LogP contribution in [0.1, 0.15) is 31.4 Å². The zero-order valence-electron chi connectivity index (χ0n) is 12.0. The van der Waals surface area contributed by atoms with Crippen LogP contribution >= 0.6 is 11.8 Å². The highest BCUT2D eigenvalue weighted by Gasteiger charge is 2.05. The van der Waals surface area contributed by atoms with Gasteiger partial charge in [0, 0.05) is 17.9 Å². The molecule has 18 heavy (non-hydrogen) atoms. The first-order chi connectivity index (χ1) is 8.67. The van der Waals surface area contributed by atoms with Gasteiger partial charge in [-0.3, -0.25) is 0 Å². The van der Waals surface area contributed by atoms with Crippen molar-refractivity contribution >= 4 is 11.8 Å². The van der Waals surface area contributed by atoms with Gasteiger partial charge in [0.15, 0.2) is 0 Å². The maximum atomic E-state index is 5.42. The van der Waals surface area contributed by atoms with Crippen molar-refractivity contribution < 1.29 is 4.74 Å². The summed E-state index contributed by atoms with van der Waals surface area (Å²) in [5.41, 5.74) is 2.62. The quantitative estimate of drug-likeness (QED) is 0.726. The minimum atomic E-state index is 0.787. The topological polar surface area (TPSA) is 21.3 Å². The number of benzene rings is 1. The molecular formula is C15H25NOS. The van der Waals surface area contributed by atoms with Crippen LogP contribution in [0.3, 0.4) is 0 Å². The van der Waals surface area contributed by atoms with Crippen molar-refractivity contribution in [1.82, 2.24) is 5.32 Å². The van der Waals surface area contributed by atoms with Crippen molar-refractivity contribution in [2.75, 3.05) is 19.9 Å². The summed E-state index contributed by atoms with van der Waals surface area (Å²) in [7, 11) is 3.72. The molecule has 0 atom stereocenters. The summed E-state index contributed by atoms with van der Waals surface area (Å²) in [6.07, 6.45) is 1.28. The van der Waals surface area contributed by atoms with E-state index in [0.717, 1.165) is 24.0 Å². The largest absolute Gasteiger partial charge is 0.496 e. The van der Waals surface area contributed by atoms with E-state index < -0.39 is 0 Å². The zero-order chi connectivity index (χ0) is 13.4. The standard InChI is InChI=1S/C15H25NOS/c1-12(2)7-8-18-11-14-9-13(10-16-3)5-6-15(14)17-4/h5-6,9,12,16H,7-8,10-11H2,1-4H3. The number of hydrogen-bond donors (Lipinski definition) is 1. The lowest BCUT2D eigenvalue weighted by atomic mass is 10.1. The molecule has 0 aliphatic carbocycles. The first kappa shape index (κ1) is 15.4. The first-order valence-corrected chi connectivity index (χ1v) is 7.71. The monoisotopic (exact) mass is 267 g/mol. The fourth-order valence-electron chi connectivity index (χ4n) is 1.76. The minimum absolute atomic E-state index is 0.787. The van der Waals surface area contributed by atoms with Crippen LogP contribution in [-0.2, 0) is 12.3 Å². The van der Waals surface area contributed by atoms with Crippen molar-refractivity contribution in [1.29, 1.82) is 0 Å². The molecule has 0 heterocycles. The van der Waals surface area contributed by atoms with Crippen molar-refractivity contribution in [3.63, 3.8) is 0 Å². The minimum Gasteiger partial charge on any atom is -0.496 e. The summed E-state index contributed by atoms with van der Waals surface area (Å²) in [5.74, 6) is 4.05. The van der Waals surface area contributed by atoms with Gasteiger partial charge in [-0.15, -0.1) is 0 Å². The van der Waals surface area contributed by atoms with E-state index in [1.165, 1.54) is 23.3 Å². The Morgan fingerprint density at radius 1 is 1.33 bits per heavy atom. The maximum Gasteiger partial charge on any atom is 0.122 e. The number of methoxy groups -OCH3 is 1. The van der Waals surface area contributed by atoms with Gasteiger partial charge in [-0.2, -0.15) is 11.8 Å². The maximum absolute atomic E-state index is 5.42. The van der Waals surface area contributed by atoms with Crippen LogP contribution in [0.2, 0.25) is 0 Å². The molecule has 1 N–H and O–H groups in total. The number of nitrogens with one attached hydrogen (secondary N) is 1. The van der Waals surface area contributed by atoms with E-state index in [1.807, 2.05) is 18.8 Å². The molecule has 0 fully saturated rings. The third-order valence-corrected chi connectivity index (χ3v) is 3.86. The second-order valence-electron chi connectivity index (χ2n) is 4.91. The molecule has 0 unspecified atom stereocenters. The van der Waals surface area contributed by atoms with Crippen LogP contribution < -0.4 is 10.1 Å². The molecule has 1 aromatic carbocycles. The van der Waals surface area contributed by atoms with E-state index in [1.54, 1.807) is 7.11 Å². The average Bonchev–Trinajstić information content (AvgIpc) is 2.35. The molecule has 0 aliphatic rings. The fourth-order valence-corrected chi connectivity index (χ4v) is 2.99. The molecule has 3 heteroatoms. The molecule has 102 valence electrons. The normalized spacial score (nSPS) is 10.9. The first-order valence-electron chi connectivity index (χ1n) is 6.55. The molecule has 1 aromatic rings. The highest BCUT2D eigenvalue weighted by Crippen LogP contribution is 2.25. The lowest BCUT2D eigenvalue weighted by molar-refractivity contribution is 0.411. The lowest BCUT2D eigenvalue weighted by Crippen LogP contribution is -2.05. The molecule has 0 amide bonds.